The fourth-order valence-corrected chi connectivity index (χ4v) is 12.5. The van der Waals surface area contributed by atoms with Gasteiger partial charge in [0.25, 0.3) is 0 Å². The first-order valence-electron chi connectivity index (χ1n) is 18.8. The van der Waals surface area contributed by atoms with Crippen molar-refractivity contribution in [1.29, 1.82) is 0 Å². The van der Waals surface area contributed by atoms with E-state index in [0.717, 1.165) is 0 Å². The van der Waals surface area contributed by atoms with Crippen LogP contribution in [0.15, 0.2) is 0 Å². The van der Waals surface area contributed by atoms with Crippen LogP contribution in [0.4, 0.5) is 0 Å². The molecule has 2 saturated heterocycles. The fourth-order valence-electron chi connectivity index (χ4n) is 5.79. The van der Waals surface area contributed by atoms with E-state index in [-0.39, 0.29) is 13.2 Å². The Morgan fingerprint density at radius 1 is 0.451 bits per heavy atom. The average molecular weight is 848 g/mol. The van der Waals surface area contributed by atoms with Gasteiger partial charge in [-0.25, -0.2) is 0 Å². The molecule has 0 aromatic carbocycles. The molecule has 2 fully saturated rings. The molecule has 51 heavy (non-hydrogen) atoms. The third kappa shape index (κ3) is 17.8. The van der Waals surface area contributed by atoms with Gasteiger partial charge < -0.3 is 50.3 Å². The number of ether oxygens (including phenoxy) is 3. The number of aliphatic hydroxyl groups is 1. The number of rotatable bonds is 19. The van der Waals surface area contributed by atoms with Gasteiger partial charge in [0, 0.05) is 0 Å². The Labute approximate surface area is 319 Å². The van der Waals surface area contributed by atoms with E-state index in [1.165, 1.54) is 0 Å². The van der Waals surface area contributed by atoms with Gasteiger partial charge in [0.15, 0.2) is 64.5 Å². The van der Waals surface area contributed by atoms with Crippen LogP contribution in [0.1, 0.15) is 0 Å². The van der Waals surface area contributed by atoms with Crippen LogP contribution in [-0.4, -0.2) is 138 Å². The van der Waals surface area contributed by atoms with Crippen LogP contribution < -0.4 is 0 Å². The molecule has 0 bridgehead atoms. The van der Waals surface area contributed by atoms with Gasteiger partial charge >= 0.3 is 0 Å². The van der Waals surface area contributed by atoms with Crippen LogP contribution in [-0.2, 0) is 45.2 Å². The Bertz CT molecular complexity index is 1090. The summed E-state index contributed by atoms with van der Waals surface area (Å²) in [7, 11) is -14.7. The van der Waals surface area contributed by atoms with Crippen molar-refractivity contribution in [1.82, 2.24) is 0 Å². The highest BCUT2D eigenvalue weighted by atomic mass is 28.4. The molecule has 0 spiro atoms. The van der Waals surface area contributed by atoms with E-state index in [4.69, 9.17) is 45.2 Å². The number of hydrogen-bond donors (Lipinski definition) is 1. The third-order valence-electron chi connectivity index (χ3n) is 7.31. The minimum absolute atomic E-state index is 0.0147. The molecule has 1 unspecified atom stereocenters. The zero-order valence-electron chi connectivity index (χ0n) is 36.3. The number of hydrogen-bond acceptors (Lipinski definition) is 11. The summed E-state index contributed by atoms with van der Waals surface area (Å²) >= 11 is 0. The lowest BCUT2D eigenvalue weighted by Gasteiger charge is -2.51. The zero-order valence-corrected chi connectivity index (χ0v) is 43.3. The van der Waals surface area contributed by atoms with Gasteiger partial charge in [-0.2, -0.15) is 0 Å². The molecule has 0 amide bonds. The maximum atomic E-state index is 12.2. The minimum Gasteiger partial charge on any atom is -0.415 e. The van der Waals surface area contributed by atoms with Gasteiger partial charge in [-0.15, -0.1) is 0 Å². The summed E-state index contributed by atoms with van der Waals surface area (Å²) in [4.78, 5) is 0. The summed E-state index contributed by atoms with van der Waals surface area (Å²) in [6.45, 7) is 45.6. The Kier molecular flexibility index (Phi) is 16.3. The molecule has 2 heterocycles. The summed E-state index contributed by atoms with van der Waals surface area (Å²) < 4.78 is 67.5. The van der Waals surface area contributed by atoms with Gasteiger partial charge in [-0.1, -0.05) is 0 Å². The first-order chi connectivity index (χ1) is 22.5. The van der Waals surface area contributed by atoms with Crippen molar-refractivity contribution < 1.29 is 50.3 Å². The van der Waals surface area contributed by atoms with Crippen molar-refractivity contribution in [2.24, 2.45) is 0 Å². The first kappa shape index (κ1) is 48.2. The minimum atomic E-state index is -2.18. The smallest absolute Gasteiger partial charge is 0.217 e. The molecule has 9 atom stereocenters. The Morgan fingerprint density at radius 3 is 1.29 bits per heavy atom. The first-order valence-corrected chi connectivity index (χ1v) is 42.7. The molecular formula is C33H78O11Si7. The van der Waals surface area contributed by atoms with Crippen molar-refractivity contribution in [3.63, 3.8) is 0 Å². The second-order valence-electron chi connectivity index (χ2n) is 21.1. The average Bonchev–Trinajstić information content (AvgIpc) is 3.08. The van der Waals surface area contributed by atoms with Crippen LogP contribution in [0.5, 0.6) is 0 Å². The molecule has 2 rings (SSSR count). The fraction of sp³-hybridized carbons (Fsp3) is 1.00. The van der Waals surface area contributed by atoms with Crippen LogP contribution in [0.25, 0.3) is 0 Å². The van der Waals surface area contributed by atoms with Gasteiger partial charge in [0.1, 0.15) is 42.7 Å². The van der Waals surface area contributed by atoms with Crippen molar-refractivity contribution in [2.45, 2.75) is 192 Å². The van der Waals surface area contributed by atoms with Gasteiger partial charge in [-0.3, -0.25) is 0 Å². The normalized spacial score (nSPS) is 32.1. The summed E-state index contributed by atoms with van der Waals surface area (Å²) in [6, 6.07) is 0. The maximum absolute atomic E-state index is 12.2. The molecule has 0 aliphatic carbocycles. The predicted octanol–water partition coefficient (Wildman–Crippen LogP) is 7.62. The van der Waals surface area contributed by atoms with Gasteiger partial charge in [-0.05, 0) is 137 Å². The summed E-state index contributed by atoms with van der Waals surface area (Å²) in [5.74, 6) is -1.71. The van der Waals surface area contributed by atoms with Crippen LogP contribution in [0.3, 0.4) is 0 Å². The van der Waals surface area contributed by atoms with Crippen molar-refractivity contribution in [3.8, 4) is 0 Å². The second-order valence-corrected chi connectivity index (χ2v) is 52.5. The molecule has 0 radical (unpaired) electrons. The molecule has 18 heteroatoms. The molecule has 11 nitrogen and oxygen atoms in total. The third-order valence-corrected chi connectivity index (χ3v) is 14.2. The molecule has 304 valence electrons. The highest BCUT2D eigenvalue weighted by Crippen LogP contribution is 2.40. The topological polar surface area (TPSA) is 113 Å². The van der Waals surface area contributed by atoms with Gasteiger partial charge in [0.2, 0.25) is 5.79 Å². The summed E-state index contributed by atoms with van der Waals surface area (Å²) in [5.41, 5.74) is 0. The van der Waals surface area contributed by atoms with Crippen molar-refractivity contribution >= 4 is 58.2 Å². The summed E-state index contributed by atoms with van der Waals surface area (Å²) in [6.07, 6.45) is -4.65. The van der Waals surface area contributed by atoms with E-state index in [1.807, 2.05) is 0 Å². The van der Waals surface area contributed by atoms with E-state index in [2.05, 4.69) is 137 Å². The maximum Gasteiger partial charge on any atom is 0.217 e. The second kappa shape index (κ2) is 17.3. The summed E-state index contributed by atoms with van der Waals surface area (Å²) in [5, 5.41) is 12.2. The SMILES string of the molecule is C[Si](C)(C)OC[C@H]1O[C@H](OC[C@H]2OC(O)(CO[Si](C)(C)C)[C@@H](O[Si](C)(C)C)[C@@H]2O[Si](C)(C)C)[C@H](O[Si](C)(C)C)[C@@H](O[Si](C)(C)C)[C@@H]1O[Si](C)(C)C. The molecule has 0 saturated carbocycles. The molecule has 2 aliphatic heterocycles. The van der Waals surface area contributed by atoms with Crippen molar-refractivity contribution in [3.05, 3.63) is 0 Å². The Morgan fingerprint density at radius 2 is 0.863 bits per heavy atom. The molecule has 0 aromatic heterocycles. The molecular weight excluding hydrogens is 769 g/mol. The molecule has 0 aromatic rings. The quantitative estimate of drug-likeness (QED) is 0.130. The van der Waals surface area contributed by atoms with Gasteiger partial charge in [0.05, 0.1) is 19.8 Å². The predicted molar refractivity (Wildman–Crippen MR) is 224 cm³/mol. The van der Waals surface area contributed by atoms with E-state index in [1.54, 1.807) is 0 Å². The lowest BCUT2D eigenvalue weighted by atomic mass is 9.99. The largest absolute Gasteiger partial charge is 0.415 e. The van der Waals surface area contributed by atoms with Crippen LogP contribution >= 0.6 is 0 Å². The van der Waals surface area contributed by atoms with E-state index >= 15 is 0 Å². The standard InChI is InChI=1S/C33H78O11Si7/c1-45(2,3)36-23-25-27(40-47(7,8)9)29(42-49(13,14)15)30(43-50(16,17)18)32(38-25)35-22-26-28(41-48(10,11)12)31(44-51(19,20)21)33(34,39-26)24-37-46(4,5)6/h25-32,34H,22-24H2,1-21H3/t25-,26-,27-,28-,29+,30-,31+,32+,33?/m1/s1. The van der Waals surface area contributed by atoms with E-state index < -0.39 is 113 Å². The van der Waals surface area contributed by atoms with Crippen LogP contribution in [0.2, 0.25) is 137 Å². The lowest BCUT2D eigenvalue weighted by molar-refractivity contribution is -0.301. The highest BCUT2D eigenvalue weighted by Gasteiger charge is 2.59. The Hall–Kier alpha value is 1.08. The molecule has 1 N–H and O–H groups in total. The van der Waals surface area contributed by atoms with Crippen molar-refractivity contribution in [2.75, 3.05) is 19.8 Å². The van der Waals surface area contributed by atoms with E-state index in [0.29, 0.717) is 6.61 Å². The monoisotopic (exact) mass is 846 g/mol. The Balaban J connectivity index is 2.64. The highest BCUT2D eigenvalue weighted by molar-refractivity contribution is 6.72. The van der Waals surface area contributed by atoms with E-state index in [9.17, 15) is 5.11 Å². The lowest BCUT2D eigenvalue weighted by Crippen LogP contribution is -2.66. The molecule has 2 aliphatic rings. The van der Waals surface area contributed by atoms with Crippen LogP contribution in [0, 0.1) is 0 Å². The zero-order chi connectivity index (χ0) is 39.8.